The molecule has 0 radical (unpaired) electrons. The zero-order valence-electron chi connectivity index (χ0n) is 15.4. The molecule has 27 heavy (non-hydrogen) atoms. The van der Waals surface area contributed by atoms with Gasteiger partial charge in [0.05, 0.1) is 6.54 Å². The van der Waals surface area contributed by atoms with Gasteiger partial charge < -0.3 is 25.0 Å². The Labute approximate surface area is 159 Å². The van der Waals surface area contributed by atoms with Crippen molar-refractivity contribution in [2.75, 3.05) is 48.4 Å². The van der Waals surface area contributed by atoms with Crippen LogP contribution in [0.15, 0.2) is 42.5 Å². The van der Waals surface area contributed by atoms with Gasteiger partial charge in [0.2, 0.25) is 5.91 Å². The van der Waals surface area contributed by atoms with E-state index >= 15 is 0 Å². The van der Waals surface area contributed by atoms with Crippen molar-refractivity contribution in [2.24, 2.45) is 0 Å². The number of hydrogen-bond donors (Lipinski definition) is 2. The Balaban J connectivity index is 1.29. The molecule has 0 bridgehead atoms. The van der Waals surface area contributed by atoms with Crippen molar-refractivity contribution in [1.82, 2.24) is 0 Å². The largest absolute Gasteiger partial charge is 0.486 e. The number of nitrogens with zero attached hydrogens (tertiary/aromatic N) is 1. The van der Waals surface area contributed by atoms with Gasteiger partial charge in [-0.15, -0.1) is 0 Å². The predicted molar refractivity (Wildman–Crippen MR) is 107 cm³/mol. The maximum atomic E-state index is 12.2. The number of benzene rings is 2. The Morgan fingerprint density at radius 3 is 2.37 bits per heavy atom. The number of ether oxygens (including phenoxy) is 2. The third-order valence-electron chi connectivity index (χ3n) is 4.87. The summed E-state index contributed by atoms with van der Waals surface area (Å²) in [4.78, 5) is 14.6. The van der Waals surface area contributed by atoms with Crippen LogP contribution in [-0.4, -0.2) is 38.8 Å². The van der Waals surface area contributed by atoms with Gasteiger partial charge in [0.15, 0.2) is 11.5 Å². The Kier molecular flexibility index (Phi) is 5.32. The molecule has 1 amide bonds. The number of amides is 1. The summed E-state index contributed by atoms with van der Waals surface area (Å²) in [6.07, 6.45) is 3.83. The van der Waals surface area contributed by atoms with Crippen LogP contribution in [0.3, 0.4) is 0 Å². The standard InChI is InChI=1S/C21H25N3O3/c25-21(15-22-17-6-9-19-20(14-17)27-13-12-26-19)23-16-4-7-18(8-5-16)24-10-2-1-3-11-24/h4-9,14,22H,1-3,10-13,15H2,(H,23,25). The fourth-order valence-electron chi connectivity index (χ4n) is 3.45. The fraction of sp³-hybridized carbons (Fsp3) is 0.381. The summed E-state index contributed by atoms with van der Waals surface area (Å²) in [6.45, 7) is 3.53. The van der Waals surface area contributed by atoms with Crippen LogP contribution in [0.2, 0.25) is 0 Å². The lowest BCUT2D eigenvalue weighted by atomic mass is 10.1. The molecule has 2 aliphatic rings. The highest BCUT2D eigenvalue weighted by Gasteiger charge is 2.13. The third-order valence-corrected chi connectivity index (χ3v) is 4.87. The lowest BCUT2D eigenvalue weighted by Gasteiger charge is -2.28. The van der Waals surface area contributed by atoms with Gasteiger partial charge in [-0.05, 0) is 55.7 Å². The molecular formula is C21H25N3O3. The first-order valence-corrected chi connectivity index (χ1v) is 9.56. The van der Waals surface area contributed by atoms with Gasteiger partial charge in [-0.3, -0.25) is 4.79 Å². The van der Waals surface area contributed by atoms with Crippen molar-refractivity contribution in [3.63, 3.8) is 0 Å². The molecule has 0 unspecified atom stereocenters. The molecule has 2 N–H and O–H groups in total. The highest BCUT2D eigenvalue weighted by Crippen LogP contribution is 2.32. The molecule has 2 aromatic carbocycles. The number of hydrogen-bond acceptors (Lipinski definition) is 5. The van der Waals surface area contributed by atoms with E-state index in [2.05, 4.69) is 27.7 Å². The van der Waals surface area contributed by atoms with Crippen LogP contribution in [0.1, 0.15) is 19.3 Å². The molecule has 142 valence electrons. The van der Waals surface area contributed by atoms with E-state index in [-0.39, 0.29) is 12.5 Å². The zero-order chi connectivity index (χ0) is 18.5. The first kappa shape index (κ1) is 17.5. The molecule has 0 aromatic heterocycles. The molecule has 0 aliphatic carbocycles. The first-order chi connectivity index (χ1) is 13.3. The normalized spacial score (nSPS) is 15.9. The lowest BCUT2D eigenvalue weighted by Crippen LogP contribution is -2.29. The Hall–Kier alpha value is -2.89. The monoisotopic (exact) mass is 367 g/mol. The fourth-order valence-corrected chi connectivity index (χ4v) is 3.45. The SMILES string of the molecule is O=C(CNc1ccc2c(c1)OCCO2)Nc1ccc(N2CCCCC2)cc1. The number of fused-ring (bicyclic) bond motifs is 1. The molecule has 0 saturated carbocycles. The third kappa shape index (κ3) is 4.45. The van der Waals surface area contributed by atoms with Crippen molar-refractivity contribution in [3.8, 4) is 11.5 Å². The van der Waals surface area contributed by atoms with Crippen molar-refractivity contribution >= 4 is 23.0 Å². The Bertz CT molecular complexity index is 786. The summed E-state index contributed by atoms with van der Waals surface area (Å²) in [5.41, 5.74) is 2.86. The molecule has 1 fully saturated rings. The minimum absolute atomic E-state index is 0.0874. The van der Waals surface area contributed by atoms with Gasteiger partial charge in [-0.1, -0.05) is 0 Å². The van der Waals surface area contributed by atoms with Crippen LogP contribution in [0.5, 0.6) is 11.5 Å². The number of piperidine rings is 1. The maximum absolute atomic E-state index is 12.2. The van der Waals surface area contributed by atoms with Gasteiger partial charge in [0.1, 0.15) is 13.2 Å². The van der Waals surface area contributed by atoms with E-state index in [0.717, 1.165) is 30.2 Å². The number of carbonyl (C=O) groups excluding carboxylic acids is 1. The second kappa shape index (κ2) is 8.20. The smallest absolute Gasteiger partial charge is 0.243 e. The quantitative estimate of drug-likeness (QED) is 0.847. The van der Waals surface area contributed by atoms with Crippen molar-refractivity contribution in [1.29, 1.82) is 0 Å². The molecule has 2 aromatic rings. The summed E-state index contributed by atoms with van der Waals surface area (Å²) < 4.78 is 11.1. The topological polar surface area (TPSA) is 62.8 Å². The summed E-state index contributed by atoms with van der Waals surface area (Å²) in [6, 6.07) is 13.7. The molecule has 2 heterocycles. The van der Waals surface area contributed by atoms with Crippen molar-refractivity contribution in [3.05, 3.63) is 42.5 Å². The summed E-state index contributed by atoms with van der Waals surface area (Å²) in [5.74, 6) is 1.36. The molecule has 6 nitrogen and oxygen atoms in total. The van der Waals surface area contributed by atoms with E-state index in [1.54, 1.807) is 0 Å². The molecular weight excluding hydrogens is 342 g/mol. The number of rotatable bonds is 5. The zero-order valence-corrected chi connectivity index (χ0v) is 15.4. The van der Waals surface area contributed by atoms with E-state index in [1.807, 2.05) is 30.3 Å². The minimum Gasteiger partial charge on any atom is -0.486 e. The van der Waals surface area contributed by atoms with E-state index in [1.165, 1.54) is 24.9 Å². The van der Waals surface area contributed by atoms with Gasteiger partial charge in [-0.25, -0.2) is 0 Å². The van der Waals surface area contributed by atoms with Crippen LogP contribution in [0, 0.1) is 0 Å². The van der Waals surface area contributed by atoms with Gasteiger partial charge in [-0.2, -0.15) is 0 Å². The van der Waals surface area contributed by atoms with Gasteiger partial charge >= 0.3 is 0 Å². The average Bonchev–Trinajstić information content (AvgIpc) is 2.73. The highest BCUT2D eigenvalue weighted by atomic mass is 16.6. The number of carbonyl (C=O) groups is 1. The van der Waals surface area contributed by atoms with Crippen molar-refractivity contribution < 1.29 is 14.3 Å². The lowest BCUT2D eigenvalue weighted by molar-refractivity contribution is -0.114. The highest BCUT2D eigenvalue weighted by molar-refractivity contribution is 5.94. The Morgan fingerprint density at radius 2 is 1.59 bits per heavy atom. The molecule has 1 saturated heterocycles. The van der Waals surface area contributed by atoms with Crippen LogP contribution in [0.25, 0.3) is 0 Å². The first-order valence-electron chi connectivity index (χ1n) is 9.56. The van der Waals surface area contributed by atoms with E-state index in [4.69, 9.17) is 9.47 Å². The number of anilines is 3. The van der Waals surface area contributed by atoms with E-state index < -0.39 is 0 Å². The second-order valence-corrected chi connectivity index (χ2v) is 6.85. The molecule has 4 rings (SSSR count). The summed E-state index contributed by atoms with van der Waals surface area (Å²) >= 11 is 0. The molecule has 6 heteroatoms. The van der Waals surface area contributed by atoms with Crippen LogP contribution < -0.4 is 25.0 Å². The van der Waals surface area contributed by atoms with E-state index in [9.17, 15) is 4.79 Å². The maximum Gasteiger partial charge on any atom is 0.243 e. The van der Waals surface area contributed by atoms with Crippen LogP contribution in [-0.2, 0) is 4.79 Å². The molecule has 2 aliphatic heterocycles. The Morgan fingerprint density at radius 1 is 0.889 bits per heavy atom. The van der Waals surface area contributed by atoms with E-state index in [0.29, 0.717) is 19.0 Å². The average molecular weight is 367 g/mol. The number of nitrogens with one attached hydrogen (secondary N) is 2. The van der Waals surface area contributed by atoms with Crippen molar-refractivity contribution in [2.45, 2.75) is 19.3 Å². The van der Waals surface area contributed by atoms with Gasteiger partial charge in [0.25, 0.3) is 0 Å². The molecule has 0 spiro atoms. The summed E-state index contributed by atoms with van der Waals surface area (Å²) in [7, 11) is 0. The molecule has 0 atom stereocenters. The predicted octanol–water partition coefficient (Wildman–Crippen LogP) is 3.50. The van der Waals surface area contributed by atoms with Crippen LogP contribution >= 0.6 is 0 Å². The summed E-state index contributed by atoms with van der Waals surface area (Å²) in [5, 5.41) is 6.05. The van der Waals surface area contributed by atoms with Gasteiger partial charge in [0, 0.05) is 36.2 Å². The minimum atomic E-state index is -0.0874. The second-order valence-electron chi connectivity index (χ2n) is 6.85. The van der Waals surface area contributed by atoms with Crippen LogP contribution in [0.4, 0.5) is 17.1 Å².